The average molecular weight is 636 g/mol. The molecule has 2 saturated heterocycles. The first kappa shape index (κ1) is 32.1. The second-order valence-electron chi connectivity index (χ2n) is 11.2. The molecule has 0 bridgehead atoms. The van der Waals surface area contributed by atoms with E-state index in [1.807, 2.05) is 6.07 Å². The number of fused-ring (bicyclic) bond motifs is 1. The fourth-order valence-corrected chi connectivity index (χ4v) is 5.95. The van der Waals surface area contributed by atoms with E-state index in [4.69, 9.17) is 9.47 Å². The Labute approximate surface area is 255 Å². The number of ether oxygens (including phenoxy) is 2. The summed E-state index contributed by atoms with van der Waals surface area (Å²) in [6, 6.07) is 17.7. The van der Waals surface area contributed by atoms with E-state index in [9.17, 15) is 35.9 Å². The highest BCUT2D eigenvalue weighted by Crippen LogP contribution is 2.44. The van der Waals surface area contributed by atoms with Gasteiger partial charge in [-0.3, -0.25) is 4.90 Å². The number of nitrogens with one attached hydrogen (secondary N) is 2. The van der Waals surface area contributed by atoms with Gasteiger partial charge in [-0.25, -0.2) is 9.59 Å². The van der Waals surface area contributed by atoms with Crippen molar-refractivity contribution in [2.24, 2.45) is 0 Å². The van der Waals surface area contributed by atoms with Crippen molar-refractivity contribution in [1.29, 1.82) is 0 Å². The zero-order chi connectivity index (χ0) is 32.4. The maximum atomic E-state index is 14.0. The van der Waals surface area contributed by atoms with Gasteiger partial charge in [0.05, 0.1) is 41.5 Å². The number of alkyl halides is 6. The first-order valence-electron chi connectivity index (χ1n) is 14.3. The van der Waals surface area contributed by atoms with E-state index in [0.29, 0.717) is 24.1 Å². The predicted octanol–water partition coefficient (Wildman–Crippen LogP) is 7.18. The number of benzene rings is 3. The molecule has 0 unspecified atom stereocenters. The molecule has 13 heteroatoms. The van der Waals surface area contributed by atoms with Crippen LogP contribution in [-0.4, -0.2) is 42.3 Å². The fraction of sp³-hybridized carbons (Fsp3) is 0.375. The van der Waals surface area contributed by atoms with Crippen LogP contribution in [0, 0.1) is 0 Å². The highest BCUT2D eigenvalue weighted by Gasteiger charge is 2.53. The van der Waals surface area contributed by atoms with E-state index in [0.717, 1.165) is 5.56 Å². The van der Waals surface area contributed by atoms with Crippen LogP contribution in [0.2, 0.25) is 0 Å². The van der Waals surface area contributed by atoms with Gasteiger partial charge in [-0.05, 0) is 54.7 Å². The predicted molar refractivity (Wildman–Crippen MR) is 151 cm³/mol. The van der Waals surface area contributed by atoms with E-state index < -0.39 is 59.3 Å². The Morgan fingerprint density at radius 3 is 2.16 bits per heavy atom. The Balaban J connectivity index is 1.51. The first-order valence-corrected chi connectivity index (χ1v) is 14.3. The van der Waals surface area contributed by atoms with Crippen LogP contribution in [0.3, 0.4) is 0 Å². The van der Waals surface area contributed by atoms with Gasteiger partial charge in [0.1, 0.15) is 6.61 Å². The maximum Gasteiger partial charge on any atom is 0.416 e. The smallest absolute Gasteiger partial charge is 0.416 e. The van der Waals surface area contributed by atoms with Gasteiger partial charge in [-0.15, -0.1) is 0 Å². The number of likely N-dealkylation sites (tertiary alicyclic amines) is 1. The molecule has 2 N–H and O–H groups in total. The van der Waals surface area contributed by atoms with Crippen LogP contribution in [0.1, 0.15) is 53.7 Å². The number of halogens is 6. The summed E-state index contributed by atoms with van der Waals surface area (Å²) in [4.78, 5) is 27.6. The number of carbonyl (C=O) groups excluding carboxylic acids is 2. The van der Waals surface area contributed by atoms with Gasteiger partial charge < -0.3 is 20.1 Å². The molecule has 3 aromatic rings. The Morgan fingerprint density at radius 2 is 1.56 bits per heavy atom. The average Bonchev–Trinajstić information content (AvgIpc) is 3.02. The van der Waals surface area contributed by atoms with Crippen molar-refractivity contribution in [3.63, 3.8) is 0 Å². The zero-order valence-corrected chi connectivity index (χ0v) is 24.1. The largest absolute Gasteiger partial charge is 0.445 e. The minimum Gasteiger partial charge on any atom is -0.445 e. The molecular formula is C32H31F6N3O4. The third-order valence-corrected chi connectivity index (χ3v) is 8.28. The number of carbonyl (C=O) groups is 2. The van der Waals surface area contributed by atoms with Crippen molar-refractivity contribution in [2.45, 2.75) is 62.5 Å². The Hall–Kier alpha value is -4.26. The standard InChI is InChI=1S/C32H31F6N3O4/c1-20(22-14-24(31(33,34)35)16-25(15-22)32(36,37)38)45-19-30(23-10-6-3-7-11-23)13-12-26-27(17-39-28(42)40-26)41(30)29(43)44-18-21-8-4-2-5-9-21/h2-11,14-16,20,26-27H,12-13,17-19H2,1H3,(H2,39,40,42)/t20-,26+,27-,30-/m1/s1. The molecular weight excluding hydrogens is 604 g/mol. The lowest BCUT2D eigenvalue weighted by atomic mass is 9.76. The second-order valence-corrected chi connectivity index (χ2v) is 11.2. The highest BCUT2D eigenvalue weighted by molar-refractivity contribution is 5.77. The summed E-state index contributed by atoms with van der Waals surface area (Å²) in [6.07, 6.45) is -11.3. The third kappa shape index (κ3) is 7.03. The lowest BCUT2D eigenvalue weighted by Gasteiger charge is -2.54. The summed E-state index contributed by atoms with van der Waals surface area (Å²) < 4.78 is 93.3. The molecule has 0 aliphatic carbocycles. The van der Waals surface area contributed by atoms with Gasteiger partial charge >= 0.3 is 24.5 Å². The zero-order valence-electron chi connectivity index (χ0n) is 24.1. The molecule has 5 rings (SSSR count). The quantitative estimate of drug-likeness (QED) is 0.270. The van der Waals surface area contributed by atoms with Crippen LogP contribution in [-0.2, 0) is 34.0 Å². The number of nitrogens with zero attached hydrogens (tertiary/aromatic N) is 1. The first-order chi connectivity index (χ1) is 21.3. The van der Waals surface area contributed by atoms with Crippen LogP contribution in [0.5, 0.6) is 0 Å². The second kappa shape index (κ2) is 12.6. The molecule has 3 amide bonds. The summed E-state index contributed by atoms with van der Waals surface area (Å²) in [7, 11) is 0. The lowest BCUT2D eigenvalue weighted by Crippen LogP contribution is -2.72. The van der Waals surface area contributed by atoms with Gasteiger partial charge in [0, 0.05) is 6.54 Å². The van der Waals surface area contributed by atoms with Crippen molar-refractivity contribution >= 4 is 12.1 Å². The number of rotatable bonds is 7. The number of urea groups is 1. The van der Waals surface area contributed by atoms with Gasteiger partial charge in [0.15, 0.2) is 0 Å². The summed E-state index contributed by atoms with van der Waals surface area (Å²) in [5.41, 5.74) is -3.10. The topological polar surface area (TPSA) is 79.9 Å². The molecule has 2 heterocycles. The van der Waals surface area contributed by atoms with Gasteiger partial charge in [-0.1, -0.05) is 60.7 Å². The summed E-state index contributed by atoms with van der Waals surface area (Å²) in [5, 5.41) is 5.55. The summed E-state index contributed by atoms with van der Waals surface area (Å²) in [5.74, 6) is 0. The minimum absolute atomic E-state index is 0.0556. The fourth-order valence-electron chi connectivity index (χ4n) is 5.95. The third-order valence-electron chi connectivity index (χ3n) is 8.28. The highest BCUT2D eigenvalue weighted by atomic mass is 19.4. The molecule has 2 aliphatic rings. The monoisotopic (exact) mass is 635 g/mol. The molecule has 4 atom stereocenters. The molecule has 0 spiro atoms. The van der Waals surface area contributed by atoms with Gasteiger partial charge in [-0.2, -0.15) is 26.3 Å². The Bertz CT molecular complexity index is 1470. The van der Waals surface area contributed by atoms with Crippen molar-refractivity contribution in [3.05, 3.63) is 107 Å². The number of piperidine rings is 1. The molecule has 45 heavy (non-hydrogen) atoms. The van der Waals surface area contributed by atoms with Crippen LogP contribution < -0.4 is 10.6 Å². The summed E-state index contributed by atoms with van der Waals surface area (Å²) >= 11 is 0. The van der Waals surface area contributed by atoms with Crippen molar-refractivity contribution in [1.82, 2.24) is 15.5 Å². The van der Waals surface area contributed by atoms with E-state index in [1.165, 1.54) is 11.8 Å². The van der Waals surface area contributed by atoms with Gasteiger partial charge in [0.2, 0.25) is 0 Å². The van der Waals surface area contributed by atoms with Crippen LogP contribution in [0.25, 0.3) is 0 Å². The van der Waals surface area contributed by atoms with Crippen LogP contribution in [0.15, 0.2) is 78.9 Å². The van der Waals surface area contributed by atoms with Crippen LogP contribution in [0.4, 0.5) is 35.9 Å². The summed E-state index contributed by atoms with van der Waals surface area (Å²) in [6.45, 7) is 1.11. The molecule has 3 aromatic carbocycles. The van der Waals surface area contributed by atoms with Crippen LogP contribution >= 0.6 is 0 Å². The molecule has 0 radical (unpaired) electrons. The van der Waals surface area contributed by atoms with Crippen molar-refractivity contribution < 1.29 is 45.4 Å². The number of amides is 3. The Morgan fingerprint density at radius 1 is 0.956 bits per heavy atom. The van der Waals surface area contributed by atoms with E-state index >= 15 is 0 Å². The van der Waals surface area contributed by atoms with E-state index in [-0.39, 0.29) is 37.8 Å². The molecule has 0 aromatic heterocycles. The molecule has 0 saturated carbocycles. The maximum absolute atomic E-state index is 14.0. The molecule has 240 valence electrons. The minimum atomic E-state index is -5.02. The van der Waals surface area contributed by atoms with Crippen molar-refractivity contribution in [2.75, 3.05) is 13.2 Å². The molecule has 7 nitrogen and oxygen atoms in total. The number of hydrogen-bond acceptors (Lipinski definition) is 4. The lowest BCUT2D eigenvalue weighted by molar-refractivity contribution is -0.143. The molecule has 2 aliphatic heterocycles. The Kier molecular flexibility index (Phi) is 9.02. The van der Waals surface area contributed by atoms with E-state index in [2.05, 4.69) is 10.6 Å². The number of hydrogen-bond donors (Lipinski definition) is 2. The van der Waals surface area contributed by atoms with Gasteiger partial charge in [0.25, 0.3) is 0 Å². The molecule has 2 fully saturated rings. The van der Waals surface area contributed by atoms with Crippen molar-refractivity contribution in [3.8, 4) is 0 Å². The van der Waals surface area contributed by atoms with E-state index in [1.54, 1.807) is 54.6 Å². The normalized spacial score (nSPS) is 22.6. The SMILES string of the molecule is C[C@@H](OC[C@@]1(c2ccccc2)CC[C@@H]2NC(=O)NC[C@H]2N1C(=O)OCc1ccccc1)c1cc(C(F)(F)F)cc(C(F)(F)F)c1.